The Morgan fingerprint density at radius 1 is 1.53 bits per heavy atom. The summed E-state index contributed by atoms with van der Waals surface area (Å²) in [7, 11) is 0. The van der Waals surface area contributed by atoms with Crippen molar-refractivity contribution >= 4 is 17.3 Å². The smallest absolute Gasteiger partial charge is 0.275 e. The topological polar surface area (TPSA) is 106 Å². The molecule has 0 radical (unpaired) electrons. The summed E-state index contributed by atoms with van der Waals surface area (Å²) in [5.41, 5.74) is 6.59. The van der Waals surface area contributed by atoms with Gasteiger partial charge in [0.25, 0.3) is 5.91 Å². The van der Waals surface area contributed by atoms with Gasteiger partial charge in [-0.15, -0.1) is 0 Å². The summed E-state index contributed by atoms with van der Waals surface area (Å²) in [5, 5.41) is 8.92. The van der Waals surface area contributed by atoms with Crippen LogP contribution in [-0.4, -0.2) is 27.2 Å². The lowest BCUT2D eigenvalue weighted by molar-refractivity contribution is 0.102. The van der Waals surface area contributed by atoms with Crippen molar-refractivity contribution in [2.45, 2.75) is 20.0 Å². The van der Waals surface area contributed by atoms with Crippen molar-refractivity contribution in [1.29, 1.82) is 0 Å². The lowest BCUT2D eigenvalue weighted by atomic mass is 10.3. The van der Waals surface area contributed by atoms with Gasteiger partial charge in [-0.1, -0.05) is 0 Å². The molecule has 0 spiro atoms. The molecule has 7 nitrogen and oxygen atoms in total. The molecule has 1 amide bonds. The first-order chi connectivity index (χ1) is 9.08. The van der Waals surface area contributed by atoms with Crippen LogP contribution >= 0.6 is 0 Å². The van der Waals surface area contributed by atoms with Crippen LogP contribution in [0.2, 0.25) is 0 Å². The van der Waals surface area contributed by atoms with Crippen molar-refractivity contribution in [2.24, 2.45) is 0 Å². The molecule has 2 heterocycles. The van der Waals surface area contributed by atoms with Crippen LogP contribution in [0.3, 0.4) is 0 Å². The summed E-state index contributed by atoms with van der Waals surface area (Å²) < 4.78 is 5.51. The minimum atomic E-state index is -0.392. The summed E-state index contributed by atoms with van der Waals surface area (Å²) in [5.74, 6) is -0.0273. The highest BCUT2D eigenvalue weighted by molar-refractivity contribution is 6.06. The number of hydrogen-bond donors (Lipinski definition) is 3. The van der Waals surface area contributed by atoms with E-state index in [1.807, 2.05) is 13.8 Å². The predicted molar refractivity (Wildman–Crippen MR) is 71.0 cm³/mol. The minimum absolute atomic E-state index is 0.0391. The minimum Gasteiger partial charge on any atom is -0.473 e. The highest BCUT2D eigenvalue weighted by Crippen LogP contribution is 2.22. The van der Waals surface area contributed by atoms with Gasteiger partial charge in [-0.05, 0) is 26.0 Å². The number of amides is 1. The molecule has 2 rings (SSSR count). The standard InChI is InChI=1S/C12H15N5O2/c1-7(2)19-12-9(4-3-5-14-12)16-11(18)10-8(13)6-15-17-10/h3-7H,13H2,1-2H3,(H,15,17)(H,16,18). The molecule has 0 saturated heterocycles. The van der Waals surface area contributed by atoms with Gasteiger partial charge in [-0.3, -0.25) is 9.89 Å². The first kappa shape index (κ1) is 12.9. The lowest BCUT2D eigenvalue weighted by Crippen LogP contribution is -2.16. The van der Waals surface area contributed by atoms with Crippen molar-refractivity contribution in [3.8, 4) is 5.88 Å². The average molecular weight is 261 g/mol. The maximum atomic E-state index is 12.0. The Morgan fingerprint density at radius 2 is 2.32 bits per heavy atom. The third kappa shape index (κ3) is 3.01. The van der Waals surface area contributed by atoms with Gasteiger partial charge in [0, 0.05) is 6.20 Å². The number of ether oxygens (including phenoxy) is 1. The summed E-state index contributed by atoms with van der Waals surface area (Å²) in [6, 6.07) is 3.41. The maximum absolute atomic E-state index is 12.0. The van der Waals surface area contributed by atoms with E-state index >= 15 is 0 Å². The van der Waals surface area contributed by atoms with Crippen molar-refractivity contribution < 1.29 is 9.53 Å². The maximum Gasteiger partial charge on any atom is 0.275 e. The van der Waals surface area contributed by atoms with Crippen LogP contribution in [0.15, 0.2) is 24.5 Å². The third-order valence-corrected chi connectivity index (χ3v) is 2.26. The van der Waals surface area contributed by atoms with Gasteiger partial charge in [-0.2, -0.15) is 5.10 Å². The molecule has 7 heteroatoms. The second-order valence-corrected chi connectivity index (χ2v) is 4.18. The zero-order valence-electron chi connectivity index (χ0n) is 10.7. The van der Waals surface area contributed by atoms with Crippen LogP contribution < -0.4 is 15.8 Å². The Bertz CT molecular complexity index is 579. The Labute approximate surface area is 110 Å². The van der Waals surface area contributed by atoms with Crippen LogP contribution in [0.5, 0.6) is 5.88 Å². The van der Waals surface area contributed by atoms with Crippen LogP contribution in [0.4, 0.5) is 11.4 Å². The number of nitrogens with one attached hydrogen (secondary N) is 2. The Morgan fingerprint density at radius 3 is 2.95 bits per heavy atom. The predicted octanol–water partition coefficient (Wildman–Crippen LogP) is 1.43. The third-order valence-electron chi connectivity index (χ3n) is 2.26. The number of carbonyl (C=O) groups is 1. The molecule has 19 heavy (non-hydrogen) atoms. The highest BCUT2D eigenvalue weighted by atomic mass is 16.5. The molecule has 2 aromatic rings. The Kier molecular flexibility index (Phi) is 3.65. The number of pyridine rings is 1. The Hall–Kier alpha value is -2.57. The van der Waals surface area contributed by atoms with Gasteiger partial charge in [0.1, 0.15) is 11.4 Å². The second-order valence-electron chi connectivity index (χ2n) is 4.18. The van der Waals surface area contributed by atoms with Gasteiger partial charge in [0.2, 0.25) is 5.88 Å². The SMILES string of the molecule is CC(C)Oc1ncccc1NC(=O)c1[nH]ncc1N. The molecule has 0 unspecified atom stereocenters. The molecule has 0 bridgehead atoms. The van der Waals surface area contributed by atoms with Crippen molar-refractivity contribution in [2.75, 3.05) is 11.1 Å². The molecule has 0 aromatic carbocycles. The fourth-order valence-corrected chi connectivity index (χ4v) is 1.47. The molecule has 2 aromatic heterocycles. The van der Waals surface area contributed by atoms with E-state index in [9.17, 15) is 4.79 Å². The highest BCUT2D eigenvalue weighted by Gasteiger charge is 2.15. The number of nitrogen functional groups attached to an aromatic ring is 1. The van der Waals surface area contributed by atoms with E-state index in [-0.39, 0.29) is 17.5 Å². The van der Waals surface area contributed by atoms with Crippen LogP contribution in [-0.2, 0) is 0 Å². The second kappa shape index (κ2) is 5.38. The fraction of sp³-hybridized carbons (Fsp3) is 0.250. The molecule has 0 aliphatic carbocycles. The average Bonchev–Trinajstić information content (AvgIpc) is 2.77. The van der Waals surface area contributed by atoms with E-state index in [1.54, 1.807) is 18.3 Å². The number of anilines is 2. The van der Waals surface area contributed by atoms with Gasteiger partial charge in [0.05, 0.1) is 18.0 Å². The molecule has 0 atom stereocenters. The van der Waals surface area contributed by atoms with Crippen molar-refractivity contribution in [3.63, 3.8) is 0 Å². The first-order valence-corrected chi connectivity index (χ1v) is 5.79. The summed E-state index contributed by atoms with van der Waals surface area (Å²) in [6.07, 6.45) is 2.93. The van der Waals surface area contributed by atoms with E-state index in [0.717, 1.165) is 0 Å². The number of aromatic amines is 1. The van der Waals surface area contributed by atoms with Crippen LogP contribution in [0.25, 0.3) is 0 Å². The molecule has 4 N–H and O–H groups in total. The summed E-state index contributed by atoms with van der Waals surface area (Å²) >= 11 is 0. The number of nitrogens with zero attached hydrogens (tertiary/aromatic N) is 2. The molecular weight excluding hydrogens is 246 g/mol. The number of nitrogens with two attached hydrogens (primary N) is 1. The number of hydrogen-bond acceptors (Lipinski definition) is 5. The van der Waals surface area contributed by atoms with Crippen molar-refractivity contribution in [1.82, 2.24) is 15.2 Å². The lowest BCUT2D eigenvalue weighted by Gasteiger charge is -2.13. The molecule has 0 saturated carbocycles. The molecular formula is C12H15N5O2. The summed E-state index contributed by atoms with van der Waals surface area (Å²) in [4.78, 5) is 16.1. The first-order valence-electron chi connectivity index (χ1n) is 5.79. The quantitative estimate of drug-likeness (QED) is 0.771. The Balaban J connectivity index is 2.19. The number of H-pyrrole nitrogens is 1. The van der Waals surface area contributed by atoms with Gasteiger partial charge >= 0.3 is 0 Å². The number of rotatable bonds is 4. The van der Waals surface area contributed by atoms with E-state index in [1.165, 1.54) is 6.20 Å². The van der Waals surface area contributed by atoms with E-state index in [2.05, 4.69) is 20.5 Å². The molecule has 0 fully saturated rings. The normalized spacial score (nSPS) is 10.5. The molecule has 0 aliphatic heterocycles. The van der Waals surface area contributed by atoms with Gasteiger partial charge in [0.15, 0.2) is 0 Å². The van der Waals surface area contributed by atoms with E-state index in [4.69, 9.17) is 10.5 Å². The number of aromatic nitrogens is 3. The fourth-order valence-electron chi connectivity index (χ4n) is 1.47. The van der Waals surface area contributed by atoms with Gasteiger partial charge in [-0.25, -0.2) is 4.98 Å². The van der Waals surface area contributed by atoms with Crippen LogP contribution in [0.1, 0.15) is 24.3 Å². The largest absolute Gasteiger partial charge is 0.473 e. The zero-order chi connectivity index (χ0) is 13.8. The van der Waals surface area contributed by atoms with E-state index in [0.29, 0.717) is 11.6 Å². The zero-order valence-corrected chi connectivity index (χ0v) is 10.7. The monoisotopic (exact) mass is 261 g/mol. The van der Waals surface area contributed by atoms with Crippen LogP contribution in [0, 0.1) is 0 Å². The van der Waals surface area contributed by atoms with Gasteiger partial charge < -0.3 is 15.8 Å². The van der Waals surface area contributed by atoms with Crippen molar-refractivity contribution in [3.05, 3.63) is 30.2 Å². The number of carbonyl (C=O) groups excluding carboxylic acids is 1. The molecule has 100 valence electrons. The van der Waals surface area contributed by atoms with E-state index < -0.39 is 5.91 Å². The summed E-state index contributed by atoms with van der Waals surface area (Å²) in [6.45, 7) is 3.76. The molecule has 0 aliphatic rings.